The van der Waals surface area contributed by atoms with Gasteiger partial charge in [0.15, 0.2) is 0 Å². The van der Waals surface area contributed by atoms with E-state index in [4.69, 9.17) is 21.1 Å². The van der Waals surface area contributed by atoms with Gasteiger partial charge in [0.05, 0.1) is 24.0 Å². The van der Waals surface area contributed by atoms with Crippen LogP contribution in [0.15, 0.2) is 30.4 Å². The van der Waals surface area contributed by atoms with E-state index in [1.54, 1.807) is 17.0 Å². The van der Waals surface area contributed by atoms with Crippen LogP contribution in [0.3, 0.4) is 0 Å². The maximum atomic E-state index is 14.1. The molecule has 1 aliphatic carbocycles. The van der Waals surface area contributed by atoms with E-state index in [1.165, 1.54) is 0 Å². The molecule has 2 bridgehead atoms. The molecule has 0 aromatic heterocycles. The molecule has 2 N–H and O–H groups in total. The number of amides is 3. The Kier molecular flexibility index (Phi) is 8.33. The van der Waals surface area contributed by atoms with Gasteiger partial charge in [-0.25, -0.2) is 0 Å². The first-order valence-electron chi connectivity index (χ1n) is 14.7. The van der Waals surface area contributed by atoms with Crippen LogP contribution in [0.25, 0.3) is 0 Å². The highest BCUT2D eigenvalue weighted by molar-refractivity contribution is 6.31. The van der Waals surface area contributed by atoms with Crippen molar-refractivity contribution in [2.24, 2.45) is 23.7 Å². The second-order valence-electron chi connectivity index (χ2n) is 12.3. The lowest BCUT2D eigenvalue weighted by atomic mass is 9.73. The zero-order chi connectivity index (χ0) is 28.8. The van der Waals surface area contributed by atoms with Crippen molar-refractivity contribution in [2.75, 3.05) is 18.5 Å². The summed E-state index contributed by atoms with van der Waals surface area (Å²) in [7, 11) is 0. The molecule has 5 rings (SSSR count). The summed E-state index contributed by atoms with van der Waals surface area (Å²) in [5, 5.41) is 6.78. The largest absolute Gasteiger partial charge is 0.379 e. The summed E-state index contributed by atoms with van der Waals surface area (Å²) in [5.74, 6) is -1.42. The molecule has 1 spiro atoms. The van der Waals surface area contributed by atoms with Gasteiger partial charge in [-0.15, -0.1) is 0 Å². The predicted octanol–water partition coefficient (Wildman–Crippen LogP) is 4.49. The maximum absolute atomic E-state index is 14.1. The van der Waals surface area contributed by atoms with Crippen LogP contribution in [0.2, 0.25) is 5.02 Å². The quantitative estimate of drug-likeness (QED) is 0.336. The molecule has 4 aliphatic rings. The van der Waals surface area contributed by atoms with Gasteiger partial charge in [0.25, 0.3) is 0 Å². The van der Waals surface area contributed by atoms with Crippen LogP contribution in [-0.4, -0.2) is 65.7 Å². The van der Waals surface area contributed by atoms with Crippen LogP contribution in [0.5, 0.6) is 0 Å². The van der Waals surface area contributed by atoms with E-state index in [-0.39, 0.29) is 29.9 Å². The van der Waals surface area contributed by atoms with E-state index in [0.29, 0.717) is 42.1 Å². The molecule has 8 atom stereocenters. The lowest BCUT2D eigenvalue weighted by molar-refractivity contribution is -0.142. The molecule has 40 heavy (non-hydrogen) atoms. The first kappa shape index (κ1) is 29.1. The van der Waals surface area contributed by atoms with Crippen LogP contribution in [0.4, 0.5) is 5.69 Å². The number of hydrogen-bond acceptors (Lipinski definition) is 5. The van der Waals surface area contributed by atoms with Gasteiger partial charge < -0.3 is 25.0 Å². The number of nitrogens with zero attached hydrogens (tertiary/aromatic N) is 1. The number of nitrogens with one attached hydrogen (secondary N) is 2. The summed E-state index contributed by atoms with van der Waals surface area (Å²) < 4.78 is 12.2. The molecule has 3 heterocycles. The molecular weight excluding hydrogens is 530 g/mol. The first-order valence-corrected chi connectivity index (χ1v) is 15.1. The number of halogens is 1. The van der Waals surface area contributed by atoms with Crippen molar-refractivity contribution in [3.8, 4) is 0 Å². The maximum Gasteiger partial charge on any atom is 0.246 e. The predicted molar refractivity (Wildman–Crippen MR) is 154 cm³/mol. The van der Waals surface area contributed by atoms with E-state index >= 15 is 0 Å². The highest BCUT2D eigenvalue weighted by Crippen LogP contribution is 2.55. The number of carbonyl (C=O) groups excluding carboxylic acids is 3. The fourth-order valence-corrected chi connectivity index (χ4v) is 7.19. The van der Waals surface area contributed by atoms with E-state index in [2.05, 4.69) is 24.5 Å². The fourth-order valence-electron chi connectivity index (χ4n) is 7.01. The summed E-state index contributed by atoms with van der Waals surface area (Å²) >= 11 is 6.28. The molecule has 0 unspecified atom stereocenters. The van der Waals surface area contributed by atoms with Gasteiger partial charge >= 0.3 is 0 Å². The van der Waals surface area contributed by atoms with Crippen LogP contribution in [-0.2, 0) is 23.9 Å². The zero-order valence-electron chi connectivity index (χ0n) is 24.1. The molecule has 0 radical (unpaired) electrons. The van der Waals surface area contributed by atoms with Crippen LogP contribution < -0.4 is 10.6 Å². The van der Waals surface area contributed by atoms with Crippen LogP contribution >= 0.6 is 11.6 Å². The second kappa shape index (κ2) is 11.5. The summed E-state index contributed by atoms with van der Waals surface area (Å²) in [4.78, 5) is 43.4. The molecule has 1 aromatic carbocycles. The Balaban J connectivity index is 1.41. The lowest BCUT2D eigenvalue weighted by Crippen LogP contribution is -2.58. The van der Waals surface area contributed by atoms with Gasteiger partial charge in [-0.2, -0.15) is 0 Å². The summed E-state index contributed by atoms with van der Waals surface area (Å²) in [6.45, 7) is 11.1. The Labute approximate surface area is 242 Å². The van der Waals surface area contributed by atoms with Crippen molar-refractivity contribution in [1.82, 2.24) is 10.2 Å². The van der Waals surface area contributed by atoms with Gasteiger partial charge in [-0.05, 0) is 63.1 Å². The van der Waals surface area contributed by atoms with E-state index in [9.17, 15) is 14.4 Å². The summed E-state index contributed by atoms with van der Waals surface area (Å²) in [6, 6.07) is 4.53. The van der Waals surface area contributed by atoms with E-state index < -0.39 is 29.6 Å². The number of hydrogen-bond donors (Lipinski definition) is 2. The SMILES string of the molecule is Cc1ccc(NC(=O)[C@@H]2[C@@H]3C=C[C@]4(O3)[C@@H]2C(=O)N(CCCOC(C)C)[C@H]4C(=O)N[C@@H]2CCC[C@@H](C)[C@H]2C)cc1Cl. The highest BCUT2D eigenvalue weighted by Gasteiger charge is 2.72. The third kappa shape index (κ3) is 5.19. The normalized spacial score (nSPS) is 34.4. The molecule has 1 aromatic rings. The van der Waals surface area contributed by atoms with Gasteiger partial charge in [0.2, 0.25) is 17.7 Å². The summed E-state index contributed by atoms with van der Waals surface area (Å²) in [5.41, 5.74) is 0.286. The van der Waals surface area contributed by atoms with Gasteiger partial charge in [0, 0.05) is 29.9 Å². The average molecular weight is 572 g/mol. The monoisotopic (exact) mass is 571 g/mol. The number of aryl methyl sites for hydroxylation is 1. The second-order valence-corrected chi connectivity index (χ2v) is 12.7. The molecule has 3 amide bonds. The minimum atomic E-state index is -1.18. The Morgan fingerprint density at radius 3 is 2.73 bits per heavy atom. The first-order chi connectivity index (χ1) is 19.0. The van der Waals surface area contributed by atoms with Crippen molar-refractivity contribution in [1.29, 1.82) is 0 Å². The number of fused-ring (bicyclic) bond motifs is 1. The Bertz CT molecular complexity index is 1190. The molecule has 9 heteroatoms. The van der Waals surface area contributed by atoms with Crippen molar-refractivity contribution < 1.29 is 23.9 Å². The molecular formula is C31H42ClN3O5. The smallest absolute Gasteiger partial charge is 0.246 e. The number of carbonyl (C=O) groups is 3. The summed E-state index contributed by atoms with van der Waals surface area (Å²) in [6.07, 6.45) is 6.91. The lowest BCUT2D eigenvalue weighted by Gasteiger charge is -2.38. The minimum Gasteiger partial charge on any atom is -0.379 e. The van der Waals surface area contributed by atoms with Crippen molar-refractivity contribution in [3.63, 3.8) is 0 Å². The number of rotatable bonds is 9. The Morgan fingerprint density at radius 1 is 1.23 bits per heavy atom. The molecule has 3 fully saturated rings. The number of likely N-dealkylation sites (tertiary alicyclic amines) is 1. The highest BCUT2D eigenvalue weighted by atomic mass is 35.5. The Hall–Kier alpha value is -2.42. The van der Waals surface area contributed by atoms with Gasteiger partial charge in [0.1, 0.15) is 11.6 Å². The van der Waals surface area contributed by atoms with E-state index in [0.717, 1.165) is 24.8 Å². The number of benzene rings is 1. The molecule has 3 aliphatic heterocycles. The fraction of sp³-hybridized carbons (Fsp3) is 0.645. The average Bonchev–Trinajstić information content (AvgIpc) is 3.54. The third-order valence-corrected chi connectivity index (χ3v) is 9.80. The minimum absolute atomic E-state index is 0.0425. The van der Waals surface area contributed by atoms with E-state index in [1.807, 2.05) is 39.0 Å². The molecule has 2 saturated heterocycles. The topological polar surface area (TPSA) is 97.0 Å². The Morgan fingerprint density at radius 2 is 2.00 bits per heavy atom. The zero-order valence-corrected chi connectivity index (χ0v) is 24.9. The van der Waals surface area contributed by atoms with Crippen molar-refractivity contribution in [2.45, 2.75) is 90.2 Å². The van der Waals surface area contributed by atoms with Gasteiger partial charge in [-0.3, -0.25) is 14.4 Å². The molecule has 1 saturated carbocycles. The molecule has 218 valence electrons. The van der Waals surface area contributed by atoms with Crippen molar-refractivity contribution >= 4 is 35.0 Å². The van der Waals surface area contributed by atoms with Crippen molar-refractivity contribution in [3.05, 3.63) is 40.9 Å². The number of ether oxygens (including phenoxy) is 2. The number of anilines is 1. The van der Waals surface area contributed by atoms with Crippen LogP contribution in [0.1, 0.15) is 58.9 Å². The molecule has 8 nitrogen and oxygen atoms in total. The standard InChI is InChI=1S/C31H42ClN3O5/c1-17(2)39-15-7-14-35-27(29(37)34-23-9-6-8-18(3)20(23)5)31-13-12-24(40-31)25(26(31)30(35)38)28(36)33-21-11-10-19(4)22(32)16-21/h10-13,16-18,20,23-27H,6-9,14-15H2,1-5H3,(H,33,36)(H,34,37)/t18-,20-,23-,24+,25-,26+,27+,31+/m1/s1. The van der Waals surface area contributed by atoms with Gasteiger partial charge in [-0.1, -0.05) is 56.5 Å². The third-order valence-electron chi connectivity index (χ3n) is 9.39. The van der Waals surface area contributed by atoms with Crippen LogP contribution in [0, 0.1) is 30.6 Å².